The van der Waals surface area contributed by atoms with Crippen LogP contribution in [0.3, 0.4) is 0 Å². The van der Waals surface area contributed by atoms with Crippen LogP contribution in [-0.2, 0) is 45.7 Å². The molecule has 9 nitrogen and oxygen atoms in total. The summed E-state index contributed by atoms with van der Waals surface area (Å²) in [5, 5.41) is 20.0. The van der Waals surface area contributed by atoms with Crippen molar-refractivity contribution in [3.63, 3.8) is 0 Å². The van der Waals surface area contributed by atoms with Gasteiger partial charge in [0.05, 0.1) is 22.5 Å². The number of ether oxygens (including phenoxy) is 1. The van der Waals surface area contributed by atoms with Gasteiger partial charge in [0.2, 0.25) is 0 Å². The third-order valence-electron chi connectivity index (χ3n) is 9.57. The van der Waals surface area contributed by atoms with Crippen molar-refractivity contribution in [3.8, 4) is 17.2 Å². The van der Waals surface area contributed by atoms with E-state index in [4.69, 9.17) is 4.74 Å². The molecule has 3 aromatic carbocycles. The Labute approximate surface area is 374 Å². The van der Waals surface area contributed by atoms with E-state index in [-0.39, 0.29) is 67.4 Å². The van der Waals surface area contributed by atoms with Crippen LogP contribution in [0.2, 0.25) is 0 Å². The number of phenols is 2. The number of aromatic hydroxyl groups is 2. The molecule has 0 fully saturated rings. The molecule has 0 bridgehead atoms. The van der Waals surface area contributed by atoms with Crippen molar-refractivity contribution in [1.29, 1.82) is 0 Å². The topological polar surface area (TPSA) is 126 Å². The van der Waals surface area contributed by atoms with Gasteiger partial charge in [0.1, 0.15) is 23.9 Å². The molecule has 0 atom stereocenters. The average Bonchev–Trinajstić information content (AvgIpc) is 3.20. The molecule has 0 aliphatic rings. The fraction of sp³-hybridized carbons (Fsp3) is 0.286. The van der Waals surface area contributed by atoms with Gasteiger partial charge in [0.15, 0.2) is 5.78 Å². The minimum Gasteiger partial charge on any atom is -0.508 e. The van der Waals surface area contributed by atoms with Crippen molar-refractivity contribution in [2.45, 2.75) is 87.2 Å². The van der Waals surface area contributed by atoms with Crippen LogP contribution in [0.4, 0.5) is 5.69 Å². The number of rotatable bonds is 11. The number of amides is 1. The summed E-state index contributed by atoms with van der Waals surface area (Å²) in [4.78, 5) is 40.1. The summed E-state index contributed by atoms with van der Waals surface area (Å²) < 4.78 is 6.09. The van der Waals surface area contributed by atoms with Crippen LogP contribution in [0.1, 0.15) is 112 Å². The van der Waals surface area contributed by atoms with E-state index in [0.29, 0.717) is 48.1 Å². The second kappa shape index (κ2) is 23.4. The Morgan fingerprint density at radius 2 is 1.36 bits per heavy atom. The van der Waals surface area contributed by atoms with E-state index in [9.17, 15) is 19.8 Å². The van der Waals surface area contributed by atoms with Crippen LogP contribution in [-0.4, -0.2) is 43.4 Å². The summed E-state index contributed by atoms with van der Waals surface area (Å²) in [5.74, 6) is 0.542. The summed E-state index contributed by atoms with van der Waals surface area (Å²) >= 11 is 0. The number of carbonyl (C=O) groups excluding carboxylic acids is 2. The van der Waals surface area contributed by atoms with Gasteiger partial charge in [0, 0.05) is 69.8 Å². The second-order valence-corrected chi connectivity index (χ2v) is 14.6. The number of hydrogen-bond donors (Lipinski definition) is 2. The van der Waals surface area contributed by atoms with E-state index in [1.165, 1.54) is 11.6 Å². The van der Waals surface area contributed by atoms with E-state index in [2.05, 4.69) is 41.8 Å². The Morgan fingerprint density at radius 3 is 1.92 bits per heavy atom. The molecule has 10 heteroatoms. The first-order valence-electron chi connectivity index (χ1n) is 19.5. The van der Waals surface area contributed by atoms with Crippen molar-refractivity contribution in [3.05, 3.63) is 172 Å². The quantitative estimate of drug-likeness (QED) is 0.0974. The third-order valence-corrected chi connectivity index (χ3v) is 9.57. The number of hydrogen-bond acceptors (Lipinski definition) is 8. The van der Waals surface area contributed by atoms with Crippen LogP contribution in [0, 0.1) is 33.8 Å². The molecular formula is C49H55N4O5Y-. The number of carbonyl (C=O) groups is 2. The number of ketones is 1. The molecule has 6 aromatic rings. The molecule has 0 saturated carbocycles. The molecule has 0 spiro atoms. The van der Waals surface area contributed by atoms with Crippen LogP contribution in [0.15, 0.2) is 110 Å². The first kappa shape index (κ1) is 48.1. The van der Waals surface area contributed by atoms with E-state index in [1.54, 1.807) is 35.6 Å². The predicted octanol–water partition coefficient (Wildman–Crippen LogP) is 10.6. The smallest absolute Gasteiger partial charge is 0.262 e. The van der Waals surface area contributed by atoms with Crippen molar-refractivity contribution < 1.29 is 57.2 Å². The van der Waals surface area contributed by atoms with Crippen LogP contribution in [0.5, 0.6) is 17.2 Å². The fourth-order valence-electron chi connectivity index (χ4n) is 6.33. The number of phenolic OH excluding ortho intramolecular Hbond substituents is 2. The molecule has 0 aliphatic heterocycles. The summed E-state index contributed by atoms with van der Waals surface area (Å²) in [5.41, 5.74) is 9.09. The Kier molecular flexibility index (Phi) is 19.1. The van der Waals surface area contributed by atoms with Crippen molar-refractivity contribution in [2.75, 3.05) is 11.4 Å². The number of Topliss-reactive ketones (excluding diaryl/α,β-unsaturated/α-hetero) is 1. The summed E-state index contributed by atoms with van der Waals surface area (Å²) in [6.07, 6.45) is 5.50. The van der Waals surface area contributed by atoms with Gasteiger partial charge in [-0.1, -0.05) is 76.0 Å². The third kappa shape index (κ3) is 13.7. The van der Waals surface area contributed by atoms with Gasteiger partial charge in [0.25, 0.3) is 5.91 Å². The van der Waals surface area contributed by atoms with Crippen LogP contribution in [0.25, 0.3) is 0 Å². The Bertz CT molecular complexity index is 2280. The van der Waals surface area contributed by atoms with Crippen LogP contribution >= 0.6 is 0 Å². The number of nitrogens with zero attached hydrogens (tertiary/aromatic N) is 4. The molecule has 305 valence electrons. The first-order valence-corrected chi connectivity index (χ1v) is 19.5. The zero-order chi connectivity index (χ0) is 42.4. The van der Waals surface area contributed by atoms with Gasteiger partial charge < -0.3 is 24.8 Å². The maximum atomic E-state index is 13.2. The monoisotopic (exact) mass is 868 g/mol. The van der Waals surface area contributed by atoms with Gasteiger partial charge in [-0.3, -0.25) is 19.6 Å². The summed E-state index contributed by atoms with van der Waals surface area (Å²) in [7, 11) is 0. The average molecular weight is 869 g/mol. The van der Waals surface area contributed by atoms with Crippen molar-refractivity contribution in [1.82, 2.24) is 15.0 Å². The van der Waals surface area contributed by atoms with Gasteiger partial charge in [-0.2, -0.15) is 6.07 Å². The minimum absolute atomic E-state index is 0. The molecule has 1 amide bonds. The number of pyridine rings is 3. The largest absolute Gasteiger partial charge is 0.508 e. The number of aromatic nitrogens is 3. The maximum absolute atomic E-state index is 13.2. The van der Waals surface area contributed by atoms with E-state index >= 15 is 0 Å². The number of benzene rings is 3. The normalized spacial score (nSPS) is 10.4. The van der Waals surface area contributed by atoms with Crippen LogP contribution < -0.4 is 9.64 Å². The Hall–Kier alpha value is -5.25. The van der Waals surface area contributed by atoms with E-state index in [1.807, 2.05) is 114 Å². The number of aryl methyl sites for hydroxylation is 4. The molecule has 3 heterocycles. The van der Waals surface area contributed by atoms with Crippen molar-refractivity contribution in [2.24, 2.45) is 0 Å². The van der Waals surface area contributed by atoms with Gasteiger partial charge in [-0.25, -0.2) is 12.1 Å². The molecule has 2 N–H and O–H groups in total. The van der Waals surface area contributed by atoms with Gasteiger partial charge >= 0.3 is 0 Å². The molecule has 6 rings (SSSR count). The SMILES string of the molecule is CCN(C(=O)c1cc(C(C)C)c(O)cc1O)c1cccnc1C.Cc1[c-]cccn1.Cc1cc(OCc2ccccc2)c(C(=O)Cc2cccnc2C)cc1C(C)C.[Y]. The molecule has 3 aromatic heterocycles. The minimum atomic E-state index is -0.317. The molecular weight excluding hydrogens is 813 g/mol. The predicted molar refractivity (Wildman–Crippen MR) is 231 cm³/mol. The summed E-state index contributed by atoms with van der Waals surface area (Å²) in [6, 6.07) is 30.9. The standard InChI is InChI=1S/C25H27NO2.C18H22N2O3.C6H6N.Y/c1-17(2)22-15-23(24(27)14-21-11-8-12-26-19(21)4)25(13-18(22)3)28-16-20-9-6-5-7-10-20;1-5-20(15-7-6-8-19-12(15)4)18(23)14-9-13(11(2)3)16(21)10-17(14)22;1-6-4-2-3-5-7-6;/h5-13,15,17H,14,16H2,1-4H3;6-11,21-22H,5H2,1-4H3;2-3,5H,1H3;/q;;-1;. The molecule has 1 radical (unpaired) electrons. The fourth-order valence-corrected chi connectivity index (χ4v) is 6.33. The van der Waals surface area contributed by atoms with Gasteiger partial charge in [-0.15, -0.1) is 0 Å². The number of anilines is 1. The molecule has 0 aliphatic carbocycles. The van der Waals surface area contributed by atoms with E-state index < -0.39 is 0 Å². The first-order chi connectivity index (χ1) is 27.7. The zero-order valence-corrected chi connectivity index (χ0v) is 38.5. The second-order valence-electron chi connectivity index (χ2n) is 14.6. The van der Waals surface area contributed by atoms with Crippen molar-refractivity contribution >= 4 is 17.4 Å². The molecule has 0 saturated heterocycles. The van der Waals surface area contributed by atoms with E-state index in [0.717, 1.165) is 33.8 Å². The molecule has 0 unspecified atom stereocenters. The Morgan fingerprint density at radius 1 is 0.729 bits per heavy atom. The molecule has 59 heavy (non-hydrogen) atoms. The Balaban J connectivity index is 0.000000270. The maximum Gasteiger partial charge on any atom is 0.262 e. The summed E-state index contributed by atoms with van der Waals surface area (Å²) in [6.45, 7) is 18.6. The van der Waals surface area contributed by atoms with Gasteiger partial charge in [-0.05, 0) is 111 Å². The zero-order valence-electron chi connectivity index (χ0n) is 35.7.